The molecule has 1 aliphatic rings. The van der Waals surface area contributed by atoms with Crippen LogP contribution in [0.1, 0.15) is 31.9 Å². The van der Waals surface area contributed by atoms with Gasteiger partial charge in [0.25, 0.3) is 0 Å². The van der Waals surface area contributed by atoms with E-state index < -0.39 is 6.10 Å². The zero-order valence-corrected chi connectivity index (χ0v) is 11.2. The fourth-order valence-electron chi connectivity index (χ4n) is 1.92. The van der Waals surface area contributed by atoms with Crippen LogP contribution in [0, 0.1) is 0 Å². The van der Waals surface area contributed by atoms with E-state index in [-0.39, 0.29) is 18.6 Å². The summed E-state index contributed by atoms with van der Waals surface area (Å²) in [5.41, 5.74) is 0.782. The molecule has 1 unspecified atom stereocenters. The molecule has 2 rings (SSSR count). The second-order valence-corrected chi connectivity index (χ2v) is 4.85. The van der Waals surface area contributed by atoms with Crippen molar-refractivity contribution in [2.45, 2.75) is 32.4 Å². The molecule has 5 heteroatoms. The standard InChI is InChI=1S/C14H19NO4/c1-9(2)15-14(17)5-6-18-10-3-4-11-12(16)8-19-13(11)7-10/h3-4,7,9,12,16H,5-6,8H2,1-2H3,(H,15,17). The molecule has 0 aromatic heterocycles. The summed E-state index contributed by atoms with van der Waals surface area (Å²) in [6.07, 6.45) is -0.237. The molecular weight excluding hydrogens is 246 g/mol. The molecule has 0 saturated carbocycles. The van der Waals surface area contributed by atoms with Gasteiger partial charge in [-0.3, -0.25) is 4.79 Å². The topological polar surface area (TPSA) is 67.8 Å². The Morgan fingerprint density at radius 3 is 3.11 bits per heavy atom. The average Bonchev–Trinajstić information content (AvgIpc) is 2.70. The Morgan fingerprint density at radius 1 is 1.58 bits per heavy atom. The van der Waals surface area contributed by atoms with Crippen LogP contribution in [0.25, 0.3) is 0 Å². The third kappa shape index (κ3) is 3.61. The Kier molecular flexibility index (Phi) is 4.27. The molecule has 1 aromatic rings. The molecule has 1 amide bonds. The van der Waals surface area contributed by atoms with E-state index >= 15 is 0 Å². The van der Waals surface area contributed by atoms with Gasteiger partial charge in [-0.05, 0) is 26.0 Å². The van der Waals surface area contributed by atoms with Crippen LogP contribution in [0.15, 0.2) is 18.2 Å². The van der Waals surface area contributed by atoms with E-state index in [0.717, 1.165) is 5.56 Å². The summed E-state index contributed by atoms with van der Waals surface area (Å²) >= 11 is 0. The lowest BCUT2D eigenvalue weighted by Crippen LogP contribution is -2.31. The maximum atomic E-state index is 11.4. The van der Waals surface area contributed by atoms with E-state index in [2.05, 4.69) is 5.32 Å². The fraction of sp³-hybridized carbons (Fsp3) is 0.500. The average molecular weight is 265 g/mol. The number of fused-ring (bicyclic) bond motifs is 1. The van der Waals surface area contributed by atoms with Gasteiger partial charge >= 0.3 is 0 Å². The van der Waals surface area contributed by atoms with E-state index in [1.54, 1.807) is 18.2 Å². The van der Waals surface area contributed by atoms with Gasteiger partial charge in [-0.2, -0.15) is 0 Å². The smallest absolute Gasteiger partial charge is 0.223 e. The molecule has 1 aromatic carbocycles. The van der Waals surface area contributed by atoms with Crippen molar-refractivity contribution in [2.24, 2.45) is 0 Å². The highest BCUT2D eigenvalue weighted by Crippen LogP contribution is 2.34. The number of aliphatic hydroxyl groups excluding tert-OH is 1. The van der Waals surface area contributed by atoms with Crippen molar-refractivity contribution >= 4 is 5.91 Å². The number of amides is 1. The largest absolute Gasteiger partial charge is 0.493 e. The van der Waals surface area contributed by atoms with Gasteiger partial charge in [0, 0.05) is 17.7 Å². The van der Waals surface area contributed by atoms with Gasteiger partial charge < -0.3 is 19.9 Å². The number of benzene rings is 1. The van der Waals surface area contributed by atoms with Crippen LogP contribution in [0.3, 0.4) is 0 Å². The van der Waals surface area contributed by atoms with Gasteiger partial charge in [-0.1, -0.05) is 0 Å². The number of rotatable bonds is 5. The second kappa shape index (κ2) is 5.93. The minimum atomic E-state index is -0.555. The van der Waals surface area contributed by atoms with Gasteiger partial charge in [-0.15, -0.1) is 0 Å². The number of aliphatic hydroxyl groups is 1. The third-order valence-electron chi connectivity index (χ3n) is 2.79. The molecular formula is C14H19NO4. The van der Waals surface area contributed by atoms with E-state index in [1.807, 2.05) is 13.8 Å². The SMILES string of the molecule is CC(C)NC(=O)CCOc1ccc2c(c1)OCC2O. The van der Waals surface area contributed by atoms with Crippen molar-refractivity contribution in [1.29, 1.82) is 0 Å². The molecule has 1 heterocycles. The first-order valence-electron chi connectivity index (χ1n) is 6.43. The van der Waals surface area contributed by atoms with Gasteiger partial charge in [0.05, 0.1) is 13.0 Å². The van der Waals surface area contributed by atoms with E-state index in [1.165, 1.54) is 0 Å². The minimum absolute atomic E-state index is 0.0252. The molecule has 104 valence electrons. The summed E-state index contributed by atoms with van der Waals surface area (Å²) in [6, 6.07) is 5.45. The highest BCUT2D eigenvalue weighted by molar-refractivity contribution is 5.76. The van der Waals surface area contributed by atoms with E-state index in [9.17, 15) is 9.90 Å². The maximum Gasteiger partial charge on any atom is 0.223 e. The highest BCUT2D eigenvalue weighted by Gasteiger charge is 2.22. The van der Waals surface area contributed by atoms with Crippen LogP contribution in [-0.4, -0.2) is 30.3 Å². The molecule has 0 radical (unpaired) electrons. The normalized spacial score (nSPS) is 16.9. The lowest BCUT2D eigenvalue weighted by atomic mass is 10.1. The molecule has 0 saturated heterocycles. The Balaban J connectivity index is 1.83. The van der Waals surface area contributed by atoms with Crippen LogP contribution in [0.5, 0.6) is 11.5 Å². The number of hydrogen-bond donors (Lipinski definition) is 2. The molecule has 1 aliphatic heterocycles. The Labute approximate surface area is 112 Å². The Hall–Kier alpha value is -1.75. The summed E-state index contributed by atoms with van der Waals surface area (Å²) < 4.78 is 10.8. The molecule has 0 fully saturated rings. The molecule has 0 aliphatic carbocycles. The fourth-order valence-corrected chi connectivity index (χ4v) is 1.92. The monoisotopic (exact) mass is 265 g/mol. The molecule has 2 N–H and O–H groups in total. The summed E-state index contributed by atoms with van der Waals surface area (Å²) in [4.78, 5) is 11.4. The summed E-state index contributed by atoms with van der Waals surface area (Å²) in [6.45, 7) is 4.44. The molecule has 0 bridgehead atoms. The van der Waals surface area contributed by atoms with Crippen LogP contribution < -0.4 is 14.8 Å². The van der Waals surface area contributed by atoms with Gasteiger partial charge in [-0.25, -0.2) is 0 Å². The van der Waals surface area contributed by atoms with Crippen molar-refractivity contribution in [1.82, 2.24) is 5.32 Å². The number of nitrogens with one attached hydrogen (secondary N) is 1. The van der Waals surface area contributed by atoms with Crippen LogP contribution in [0.4, 0.5) is 0 Å². The quantitative estimate of drug-likeness (QED) is 0.844. The maximum absolute atomic E-state index is 11.4. The highest BCUT2D eigenvalue weighted by atomic mass is 16.5. The van der Waals surface area contributed by atoms with Crippen LogP contribution in [-0.2, 0) is 4.79 Å². The van der Waals surface area contributed by atoms with Gasteiger partial charge in [0.1, 0.15) is 24.2 Å². The molecule has 19 heavy (non-hydrogen) atoms. The van der Waals surface area contributed by atoms with E-state index in [0.29, 0.717) is 24.5 Å². The zero-order valence-electron chi connectivity index (χ0n) is 11.2. The Morgan fingerprint density at radius 2 is 2.37 bits per heavy atom. The van der Waals surface area contributed by atoms with Crippen LogP contribution in [0.2, 0.25) is 0 Å². The van der Waals surface area contributed by atoms with Crippen molar-refractivity contribution in [2.75, 3.05) is 13.2 Å². The number of ether oxygens (including phenoxy) is 2. The van der Waals surface area contributed by atoms with E-state index in [4.69, 9.17) is 9.47 Å². The number of hydrogen-bond acceptors (Lipinski definition) is 4. The summed E-state index contributed by atoms with van der Waals surface area (Å²) in [5.74, 6) is 1.27. The van der Waals surface area contributed by atoms with Crippen molar-refractivity contribution < 1.29 is 19.4 Å². The first-order valence-corrected chi connectivity index (χ1v) is 6.43. The number of carbonyl (C=O) groups excluding carboxylic acids is 1. The van der Waals surface area contributed by atoms with Crippen molar-refractivity contribution in [3.05, 3.63) is 23.8 Å². The van der Waals surface area contributed by atoms with Crippen molar-refractivity contribution in [3.8, 4) is 11.5 Å². The molecule has 1 atom stereocenters. The lowest BCUT2D eigenvalue weighted by molar-refractivity contribution is -0.122. The number of carbonyl (C=O) groups is 1. The van der Waals surface area contributed by atoms with Crippen molar-refractivity contribution in [3.63, 3.8) is 0 Å². The predicted molar refractivity (Wildman–Crippen MR) is 70.3 cm³/mol. The van der Waals surface area contributed by atoms with Crippen LogP contribution >= 0.6 is 0 Å². The third-order valence-corrected chi connectivity index (χ3v) is 2.79. The summed E-state index contributed by atoms with van der Waals surface area (Å²) in [5, 5.41) is 12.4. The second-order valence-electron chi connectivity index (χ2n) is 4.85. The Bertz CT molecular complexity index is 459. The molecule has 0 spiro atoms. The summed E-state index contributed by atoms with van der Waals surface area (Å²) in [7, 11) is 0. The minimum Gasteiger partial charge on any atom is -0.493 e. The van der Waals surface area contributed by atoms with Gasteiger partial charge in [0.2, 0.25) is 5.91 Å². The first kappa shape index (κ1) is 13.7. The zero-order chi connectivity index (χ0) is 13.8. The predicted octanol–water partition coefficient (Wildman–Crippen LogP) is 1.41. The molecule has 5 nitrogen and oxygen atoms in total. The van der Waals surface area contributed by atoms with Gasteiger partial charge in [0.15, 0.2) is 0 Å². The first-order chi connectivity index (χ1) is 9.06. The lowest BCUT2D eigenvalue weighted by Gasteiger charge is -2.10.